The van der Waals surface area contributed by atoms with E-state index >= 15 is 0 Å². The lowest BCUT2D eigenvalue weighted by Gasteiger charge is -2.46. The molecule has 0 saturated heterocycles. The highest BCUT2D eigenvalue weighted by atomic mass is 16.3. The van der Waals surface area contributed by atoms with Crippen LogP contribution in [0.3, 0.4) is 0 Å². The molecule has 304 valence electrons. The smallest absolute Gasteiger partial charge is 0.142 e. The van der Waals surface area contributed by atoms with Crippen molar-refractivity contribution in [2.24, 2.45) is 4.99 Å². The van der Waals surface area contributed by atoms with Gasteiger partial charge in [0.2, 0.25) is 0 Å². The van der Waals surface area contributed by atoms with E-state index < -0.39 is 5.41 Å². The maximum atomic E-state index is 8.55. The monoisotopic (exact) mass is 813 g/mol. The molecular formula is C59H47N3O. The molecule has 0 saturated carbocycles. The Hall–Kier alpha value is -7.82. The number of fused-ring (bicyclic) bond motifs is 11. The Labute approximate surface area is 369 Å². The maximum Gasteiger partial charge on any atom is 0.142 e. The second-order valence-corrected chi connectivity index (χ2v) is 16.2. The number of aryl methyl sites for hydroxylation is 1. The van der Waals surface area contributed by atoms with Crippen LogP contribution in [0, 0.1) is 12.3 Å². The Morgan fingerprint density at radius 2 is 1.21 bits per heavy atom. The van der Waals surface area contributed by atoms with Crippen molar-refractivity contribution in [1.29, 1.82) is 5.41 Å². The van der Waals surface area contributed by atoms with Gasteiger partial charge in [-0.2, -0.15) is 0 Å². The molecule has 0 unspecified atom stereocenters. The Morgan fingerprint density at radius 3 is 1.87 bits per heavy atom. The number of nitrogens with one attached hydrogen (secondary N) is 1. The first-order valence-corrected chi connectivity index (χ1v) is 21.6. The van der Waals surface area contributed by atoms with Crippen molar-refractivity contribution in [3.63, 3.8) is 0 Å². The van der Waals surface area contributed by atoms with E-state index in [4.69, 9.17) is 9.83 Å². The van der Waals surface area contributed by atoms with Gasteiger partial charge in [0.15, 0.2) is 0 Å². The lowest BCUT2D eigenvalue weighted by atomic mass is 9.62. The van der Waals surface area contributed by atoms with E-state index in [0.29, 0.717) is 0 Å². The van der Waals surface area contributed by atoms with Gasteiger partial charge in [0.25, 0.3) is 0 Å². The first-order valence-electron chi connectivity index (χ1n) is 21.6. The highest BCUT2D eigenvalue weighted by Gasteiger charge is 2.53. The topological polar surface area (TPSA) is 52.6 Å². The molecule has 0 bridgehead atoms. The predicted molar refractivity (Wildman–Crippen MR) is 264 cm³/mol. The number of anilines is 3. The molecule has 1 aromatic heterocycles. The van der Waals surface area contributed by atoms with Crippen LogP contribution < -0.4 is 4.90 Å². The minimum absolute atomic E-state index is 0.477. The van der Waals surface area contributed by atoms with Crippen LogP contribution in [-0.4, -0.2) is 12.9 Å². The Balaban J connectivity index is 0.000000248. The molecule has 0 radical (unpaired) electrons. The van der Waals surface area contributed by atoms with E-state index in [1.807, 2.05) is 54.6 Å². The molecule has 9 aromatic rings. The number of allylic oxidation sites excluding steroid dienone is 4. The summed E-state index contributed by atoms with van der Waals surface area (Å²) in [6.07, 6.45) is 5.74. The van der Waals surface area contributed by atoms with Gasteiger partial charge in [0, 0.05) is 33.8 Å². The van der Waals surface area contributed by atoms with Crippen LogP contribution in [-0.2, 0) is 12.0 Å². The molecule has 4 nitrogen and oxygen atoms in total. The molecule has 2 heterocycles. The highest BCUT2D eigenvalue weighted by Crippen LogP contribution is 2.65. The largest absolute Gasteiger partial charge is 0.455 e. The molecule has 0 amide bonds. The van der Waals surface area contributed by atoms with Crippen molar-refractivity contribution in [3.8, 4) is 0 Å². The van der Waals surface area contributed by atoms with E-state index in [0.717, 1.165) is 58.1 Å². The van der Waals surface area contributed by atoms with Crippen molar-refractivity contribution in [2.75, 3.05) is 4.90 Å². The van der Waals surface area contributed by atoms with Gasteiger partial charge in [-0.15, -0.1) is 0 Å². The molecule has 0 atom stereocenters. The number of hydrogen-bond acceptors (Lipinski definition) is 4. The zero-order valence-corrected chi connectivity index (χ0v) is 35.3. The number of nitrogens with zero attached hydrogens (tertiary/aromatic N) is 2. The normalized spacial score (nSPS) is 14.0. The fourth-order valence-corrected chi connectivity index (χ4v) is 9.98. The summed E-state index contributed by atoms with van der Waals surface area (Å²) < 4.78 is 6.52. The van der Waals surface area contributed by atoms with Crippen molar-refractivity contribution in [3.05, 3.63) is 256 Å². The van der Waals surface area contributed by atoms with Crippen LogP contribution in [0.4, 0.5) is 17.1 Å². The van der Waals surface area contributed by atoms with Gasteiger partial charge in [-0.05, 0) is 101 Å². The standard InChI is InChI=1S/C44H30N2O.C8H9N.C7H8/c45-27-29-12-10-20-38-42(29)34-26-28(31-16-11-17-33-32-15-4-9-23-41(32)47-43(31)33)24-25-35(34)44(38)36-18-5-7-21-39(36)46(30-13-2-1-3-14-30)40-22-8-6-19-37(40)44;1-9-7-8-5-3-2-4-6-8;1-7-5-3-2-4-6-7/h1-23,26-27,45H,24-25H2;2-6H,1,7H2;2-6H,1H3. The molecule has 1 aliphatic heterocycles. The molecule has 4 heteroatoms. The van der Waals surface area contributed by atoms with Crippen LogP contribution in [0.5, 0.6) is 0 Å². The third kappa shape index (κ3) is 6.81. The molecule has 1 spiro atoms. The fourth-order valence-electron chi connectivity index (χ4n) is 9.98. The second kappa shape index (κ2) is 16.9. The SMILES string of the molecule is C=NCc1ccccc1.Cc1ccccc1.N=Cc1cccc2c1C1=C(CCC(c3cccc4c3oc3ccccc34)=C1)C21c2ccccc2N(c2ccccc2)c2ccccc21. The van der Waals surface area contributed by atoms with Crippen LogP contribution in [0.15, 0.2) is 221 Å². The summed E-state index contributed by atoms with van der Waals surface area (Å²) in [5, 5.41) is 10.8. The summed E-state index contributed by atoms with van der Waals surface area (Å²) in [6, 6.07) is 70.3. The van der Waals surface area contributed by atoms with Gasteiger partial charge in [-0.25, -0.2) is 0 Å². The third-order valence-electron chi connectivity index (χ3n) is 12.6. The number of rotatable bonds is 5. The lowest BCUT2D eigenvalue weighted by Crippen LogP contribution is -2.37. The van der Waals surface area contributed by atoms with Crippen molar-refractivity contribution >= 4 is 63.1 Å². The molecular weight excluding hydrogens is 767 g/mol. The van der Waals surface area contributed by atoms with Crippen LogP contribution in [0.1, 0.15) is 57.3 Å². The molecule has 3 aliphatic rings. The molecule has 2 aliphatic carbocycles. The van der Waals surface area contributed by atoms with E-state index in [9.17, 15) is 0 Å². The summed E-state index contributed by atoms with van der Waals surface area (Å²) >= 11 is 0. The van der Waals surface area contributed by atoms with Gasteiger partial charge in [-0.3, -0.25) is 4.99 Å². The van der Waals surface area contributed by atoms with E-state index in [-0.39, 0.29) is 0 Å². The number of furan rings is 1. The average molecular weight is 814 g/mol. The quantitative estimate of drug-likeness (QED) is 0.176. The van der Waals surface area contributed by atoms with E-state index in [2.05, 4.69) is 175 Å². The van der Waals surface area contributed by atoms with Crippen LogP contribution in [0.25, 0.3) is 33.1 Å². The van der Waals surface area contributed by atoms with Crippen molar-refractivity contribution < 1.29 is 4.42 Å². The molecule has 0 fully saturated rings. The molecule has 1 N–H and O–H groups in total. The number of hydrogen-bond donors (Lipinski definition) is 1. The molecule has 8 aromatic carbocycles. The molecule has 12 rings (SSSR count). The zero-order chi connectivity index (χ0) is 42.8. The summed E-state index contributed by atoms with van der Waals surface area (Å²) in [6.45, 7) is 6.21. The van der Waals surface area contributed by atoms with Gasteiger partial charge in [0.1, 0.15) is 11.2 Å². The second-order valence-electron chi connectivity index (χ2n) is 16.2. The highest BCUT2D eigenvalue weighted by molar-refractivity contribution is 6.10. The lowest BCUT2D eigenvalue weighted by molar-refractivity contribution is 0.666. The first kappa shape index (κ1) is 39.3. The number of para-hydroxylation sites is 5. The minimum Gasteiger partial charge on any atom is -0.455 e. The third-order valence-corrected chi connectivity index (χ3v) is 12.6. The van der Waals surface area contributed by atoms with E-state index in [1.54, 1.807) is 0 Å². The Kier molecular flexibility index (Phi) is 10.6. The Bertz CT molecular complexity index is 3150. The van der Waals surface area contributed by atoms with Gasteiger partial charge in [0.05, 0.1) is 23.3 Å². The van der Waals surface area contributed by atoms with E-state index in [1.165, 1.54) is 67.7 Å². The van der Waals surface area contributed by atoms with Crippen molar-refractivity contribution in [1.82, 2.24) is 0 Å². The van der Waals surface area contributed by atoms with Gasteiger partial charge >= 0.3 is 0 Å². The molecule has 63 heavy (non-hydrogen) atoms. The fraction of sp³-hybridized carbons (Fsp3) is 0.0847. The summed E-state index contributed by atoms with van der Waals surface area (Å²) in [4.78, 5) is 6.17. The van der Waals surface area contributed by atoms with Gasteiger partial charge in [-0.1, -0.05) is 181 Å². The summed E-state index contributed by atoms with van der Waals surface area (Å²) in [5.41, 5.74) is 18.5. The number of benzene rings is 8. The van der Waals surface area contributed by atoms with Crippen LogP contribution >= 0.6 is 0 Å². The summed E-state index contributed by atoms with van der Waals surface area (Å²) in [7, 11) is 0. The van der Waals surface area contributed by atoms with Crippen LogP contribution in [0.2, 0.25) is 0 Å². The Morgan fingerprint density at radius 1 is 0.619 bits per heavy atom. The summed E-state index contributed by atoms with van der Waals surface area (Å²) in [5.74, 6) is 0. The zero-order valence-electron chi connectivity index (χ0n) is 35.3. The number of aliphatic imine (C=N–C) groups is 1. The predicted octanol–water partition coefficient (Wildman–Crippen LogP) is 15.2. The van der Waals surface area contributed by atoms with Gasteiger partial charge < -0.3 is 14.7 Å². The average Bonchev–Trinajstić information content (AvgIpc) is 3.87. The minimum atomic E-state index is -0.477. The van der Waals surface area contributed by atoms with Crippen molar-refractivity contribution in [2.45, 2.75) is 31.7 Å². The maximum absolute atomic E-state index is 8.55. The first-order chi connectivity index (χ1) is 31.1.